The zero-order valence-corrected chi connectivity index (χ0v) is 30.9. The Morgan fingerprint density at radius 1 is 0.878 bits per heavy atom. The molecule has 0 unspecified atom stereocenters. The van der Waals surface area contributed by atoms with Gasteiger partial charge < -0.3 is 9.47 Å². The van der Waals surface area contributed by atoms with Gasteiger partial charge in [0.2, 0.25) is 0 Å². The minimum atomic E-state index is -0.222. The summed E-state index contributed by atoms with van der Waals surface area (Å²) in [6.07, 6.45) is 0.667. The second-order valence-electron chi connectivity index (χ2n) is 13.5. The largest absolute Gasteiger partial charge is 0.373 e. The Balaban J connectivity index is 1.07. The molecule has 0 amide bonds. The Hall–Kier alpha value is -4.24. The van der Waals surface area contributed by atoms with Gasteiger partial charge in [-0.2, -0.15) is 0 Å². The lowest BCUT2D eigenvalue weighted by molar-refractivity contribution is 0.169. The molecule has 0 aliphatic carbocycles. The smallest absolute Gasteiger partial charge is 0.163 e. The van der Waals surface area contributed by atoms with E-state index in [1.54, 1.807) is 11.3 Å². The fraction of sp³-hybridized carbons (Fsp3) is 0.325. The maximum absolute atomic E-state index is 6.30. The quantitative estimate of drug-likeness (QED) is 0.164. The van der Waals surface area contributed by atoms with Crippen LogP contribution in [0.4, 0.5) is 0 Å². The Kier molecular flexibility index (Phi) is 8.98. The normalized spacial score (nSPS) is 16.3. The van der Waals surface area contributed by atoms with Crippen LogP contribution in [0.25, 0.3) is 16.3 Å². The van der Waals surface area contributed by atoms with Crippen LogP contribution in [0.15, 0.2) is 78.4 Å². The molecule has 252 valence electrons. The van der Waals surface area contributed by atoms with Crippen molar-refractivity contribution >= 4 is 34.2 Å². The third-order valence-electron chi connectivity index (χ3n) is 10.1. The highest BCUT2D eigenvalue weighted by atomic mass is 35.5. The van der Waals surface area contributed by atoms with Crippen molar-refractivity contribution < 1.29 is 0 Å². The van der Waals surface area contributed by atoms with Crippen molar-refractivity contribution in [2.75, 3.05) is 32.7 Å². The van der Waals surface area contributed by atoms with E-state index in [4.69, 9.17) is 21.7 Å². The molecule has 1 saturated heterocycles. The molecule has 3 aromatic heterocycles. The van der Waals surface area contributed by atoms with Crippen LogP contribution in [-0.2, 0) is 0 Å². The molecular weight excluding hydrogens is 646 g/mol. The molecule has 0 bridgehead atoms. The summed E-state index contributed by atoms with van der Waals surface area (Å²) < 4.78 is 4.55. The fourth-order valence-electron chi connectivity index (χ4n) is 7.27. The van der Waals surface area contributed by atoms with Gasteiger partial charge in [-0.1, -0.05) is 54.6 Å². The highest BCUT2D eigenvalue weighted by Gasteiger charge is 2.32. The minimum Gasteiger partial charge on any atom is -0.373 e. The van der Waals surface area contributed by atoms with Crippen LogP contribution < -0.4 is 0 Å². The maximum atomic E-state index is 6.30. The zero-order valence-electron chi connectivity index (χ0n) is 29.3. The highest BCUT2D eigenvalue weighted by Crippen LogP contribution is 2.40. The Bertz CT molecular complexity index is 2090. The molecule has 5 heterocycles. The van der Waals surface area contributed by atoms with Crippen LogP contribution in [0, 0.1) is 41.5 Å². The van der Waals surface area contributed by atoms with E-state index in [-0.39, 0.29) is 6.04 Å². The van der Waals surface area contributed by atoms with Crippen LogP contribution in [0.5, 0.6) is 0 Å². The molecule has 7 rings (SSSR count). The van der Waals surface area contributed by atoms with E-state index in [2.05, 4.69) is 114 Å². The first kappa shape index (κ1) is 33.3. The first-order chi connectivity index (χ1) is 23.5. The number of aryl methyl sites for hydroxylation is 4. The number of thiophene rings is 1. The summed E-state index contributed by atoms with van der Waals surface area (Å²) in [7, 11) is 0. The van der Waals surface area contributed by atoms with Gasteiger partial charge in [0, 0.05) is 82.9 Å². The van der Waals surface area contributed by atoms with Gasteiger partial charge in [0.25, 0.3) is 0 Å². The second-order valence-corrected chi connectivity index (χ2v) is 15.1. The van der Waals surface area contributed by atoms with Crippen molar-refractivity contribution in [1.29, 1.82) is 0 Å². The molecular formula is C40H44ClN7S. The molecule has 5 aromatic rings. The van der Waals surface area contributed by atoms with Gasteiger partial charge in [-0.05, 0) is 88.6 Å². The molecule has 0 radical (unpaired) electrons. The molecule has 49 heavy (non-hydrogen) atoms. The SMILES string of the molecule is C=C(CN1CCN(C(=C)C[C@@H]2N=C(c3ccc(Cl)cc3)c3c(sc(C)c3C)-n3c(C)nnc32)CC1)c1cc(C)n(-c2ccc(C)cc2)c1C. The van der Waals surface area contributed by atoms with Crippen molar-refractivity contribution in [2.45, 2.75) is 54.0 Å². The average Bonchev–Trinajstić information content (AvgIpc) is 3.68. The number of hydrogen-bond donors (Lipinski definition) is 0. The first-order valence-electron chi connectivity index (χ1n) is 17.0. The number of nitrogens with zero attached hydrogens (tertiary/aromatic N) is 7. The lowest BCUT2D eigenvalue weighted by Crippen LogP contribution is -2.46. The Morgan fingerprint density at radius 2 is 1.57 bits per heavy atom. The number of aliphatic imine (C=N–C) groups is 1. The second kappa shape index (κ2) is 13.2. The number of rotatable bonds is 8. The summed E-state index contributed by atoms with van der Waals surface area (Å²) >= 11 is 8.08. The number of piperazine rings is 1. The standard InChI is InChI=1S/C40H44ClN7S/c1-24-9-15-34(16-10-24)47-27(4)21-35(29(47)6)25(2)23-45-17-19-46(20-18-45)26(3)22-36-39-44-43-31(8)48(39)40-37(28(5)30(7)49-40)38(42-36)32-11-13-33(41)14-12-32/h9-16,21,36H,2-3,17-20,22-23H2,1,4-8H3/t36-/m0/s1. The van der Waals surface area contributed by atoms with Crippen molar-refractivity contribution in [3.63, 3.8) is 0 Å². The molecule has 1 atom stereocenters. The van der Waals surface area contributed by atoms with E-state index in [1.165, 1.54) is 38.6 Å². The van der Waals surface area contributed by atoms with Crippen molar-refractivity contribution in [2.24, 2.45) is 4.99 Å². The summed E-state index contributed by atoms with van der Waals surface area (Å²) in [5.41, 5.74) is 12.8. The average molecular weight is 690 g/mol. The summed E-state index contributed by atoms with van der Waals surface area (Å²) in [4.78, 5) is 11.7. The van der Waals surface area contributed by atoms with E-state index in [0.29, 0.717) is 11.4 Å². The van der Waals surface area contributed by atoms with Crippen molar-refractivity contribution in [3.05, 3.63) is 134 Å². The third-order valence-corrected chi connectivity index (χ3v) is 11.6. The van der Waals surface area contributed by atoms with E-state index in [9.17, 15) is 0 Å². The van der Waals surface area contributed by atoms with Crippen molar-refractivity contribution in [3.8, 4) is 10.7 Å². The summed E-state index contributed by atoms with van der Waals surface area (Å²) in [5, 5.41) is 11.1. The topological polar surface area (TPSA) is 54.5 Å². The van der Waals surface area contributed by atoms with Gasteiger partial charge in [-0.15, -0.1) is 21.5 Å². The van der Waals surface area contributed by atoms with E-state index in [0.717, 1.165) is 77.5 Å². The van der Waals surface area contributed by atoms with Crippen LogP contribution >= 0.6 is 22.9 Å². The van der Waals surface area contributed by atoms with Gasteiger partial charge in [-0.3, -0.25) is 14.5 Å². The monoisotopic (exact) mass is 689 g/mol. The first-order valence-corrected chi connectivity index (χ1v) is 18.1. The molecule has 7 nitrogen and oxygen atoms in total. The summed E-state index contributed by atoms with van der Waals surface area (Å²) in [5.74, 6) is 1.73. The predicted octanol–water partition coefficient (Wildman–Crippen LogP) is 8.75. The van der Waals surface area contributed by atoms with Gasteiger partial charge in [-0.25, -0.2) is 0 Å². The van der Waals surface area contributed by atoms with Gasteiger partial charge >= 0.3 is 0 Å². The fourth-order valence-corrected chi connectivity index (χ4v) is 8.61. The van der Waals surface area contributed by atoms with Crippen molar-refractivity contribution in [1.82, 2.24) is 29.1 Å². The molecule has 1 fully saturated rings. The number of halogens is 1. The number of aromatic nitrogens is 4. The van der Waals surface area contributed by atoms with Gasteiger partial charge in [0.05, 0.1) is 5.71 Å². The van der Waals surface area contributed by atoms with Gasteiger partial charge in [0.15, 0.2) is 5.82 Å². The van der Waals surface area contributed by atoms with Crippen LogP contribution in [0.1, 0.15) is 68.2 Å². The molecule has 2 aromatic carbocycles. The lowest BCUT2D eigenvalue weighted by atomic mass is 9.99. The molecule has 0 saturated carbocycles. The maximum Gasteiger partial charge on any atom is 0.163 e. The molecule has 0 spiro atoms. The number of benzene rings is 2. The Labute approximate surface area is 298 Å². The number of hydrogen-bond acceptors (Lipinski definition) is 6. The zero-order chi connectivity index (χ0) is 34.6. The molecule has 9 heteroatoms. The van der Waals surface area contributed by atoms with E-state index < -0.39 is 0 Å². The molecule has 2 aliphatic rings. The van der Waals surface area contributed by atoms with E-state index >= 15 is 0 Å². The number of fused-ring (bicyclic) bond motifs is 3. The summed E-state index contributed by atoms with van der Waals surface area (Å²) in [6.45, 7) is 26.6. The van der Waals surface area contributed by atoms with E-state index in [1.807, 2.05) is 19.1 Å². The molecule has 2 aliphatic heterocycles. The highest BCUT2D eigenvalue weighted by molar-refractivity contribution is 7.15. The van der Waals surface area contributed by atoms with Crippen LogP contribution in [0.3, 0.4) is 0 Å². The van der Waals surface area contributed by atoms with Crippen LogP contribution in [-0.4, -0.2) is 67.6 Å². The lowest BCUT2D eigenvalue weighted by Gasteiger charge is -2.37. The van der Waals surface area contributed by atoms with Crippen LogP contribution in [0.2, 0.25) is 5.02 Å². The van der Waals surface area contributed by atoms with Gasteiger partial charge in [0.1, 0.15) is 16.9 Å². The predicted molar refractivity (Wildman–Crippen MR) is 204 cm³/mol. The summed E-state index contributed by atoms with van der Waals surface area (Å²) in [6, 6.07) is 18.8. The minimum absolute atomic E-state index is 0.222. The molecule has 0 N–H and O–H groups in total. The third kappa shape index (κ3) is 6.22. The Morgan fingerprint density at radius 3 is 2.27 bits per heavy atom.